The number of piperazine rings is 1. The fourth-order valence-corrected chi connectivity index (χ4v) is 2.51. The van der Waals surface area contributed by atoms with Gasteiger partial charge in [-0.2, -0.15) is 0 Å². The van der Waals surface area contributed by atoms with Crippen molar-refractivity contribution in [1.29, 1.82) is 0 Å². The van der Waals surface area contributed by atoms with Crippen molar-refractivity contribution in [3.05, 3.63) is 35.1 Å². The van der Waals surface area contributed by atoms with E-state index in [1.807, 2.05) is 13.0 Å². The molecule has 0 aliphatic carbocycles. The Morgan fingerprint density at radius 1 is 1.35 bits per heavy atom. The highest BCUT2D eigenvalue weighted by molar-refractivity contribution is 5.26. The molecule has 0 amide bonds. The largest absolute Gasteiger partial charge is 0.314 e. The predicted molar refractivity (Wildman–Crippen MR) is 68.6 cm³/mol. The maximum Gasteiger partial charge on any atom is 0.126 e. The Hall–Kier alpha value is -0.930. The Labute approximate surface area is 103 Å². The molecule has 0 aromatic heterocycles. The van der Waals surface area contributed by atoms with Gasteiger partial charge in [-0.15, -0.1) is 0 Å². The Bertz CT molecular complexity index is 372. The Kier molecular flexibility index (Phi) is 4.13. The molecule has 0 spiro atoms. The average molecular weight is 236 g/mol. The number of nitrogens with one attached hydrogen (secondary N) is 1. The number of benzene rings is 1. The van der Waals surface area contributed by atoms with Gasteiger partial charge in [0.25, 0.3) is 0 Å². The van der Waals surface area contributed by atoms with Gasteiger partial charge in [0.1, 0.15) is 5.82 Å². The van der Waals surface area contributed by atoms with Gasteiger partial charge in [-0.1, -0.05) is 19.1 Å². The topological polar surface area (TPSA) is 15.3 Å². The van der Waals surface area contributed by atoms with Gasteiger partial charge in [-0.05, 0) is 30.5 Å². The molecule has 1 aromatic rings. The zero-order chi connectivity index (χ0) is 12.3. The number of nitrogens with zero attached hydrogens (tertiary/aromatic N) is 1. The first kappa shape index (κ1) is 12.5. The van der Waals surface area contributed by atoms with E-state index in [-0.39, 0.29) is 5.82 Å². The molecule has 0 unspecified atom stereocenters. The molecule has 2 nitrogen and oxygen atoms in total. The fourth-order valence-electron chi connectivity index (χ4n) is 2.51. The SMILES string of the molecule is CC[C@H](c1ccc(C)c(F)c1)N1CCNCC1. The minimum Gasteiger partial charge on any atom is -0.314 e. The van der Waals surface area contributed by atoms with Crippen molar-refractivity contribution in [3.63, 3.8) is 0 Å². The van der Waals surface area contributed by atoms with Crippen LogP contribution in [0.1, 0.15) is 30.5 Å². The summed E-state index contributed by atoms with van der Waals surface area (Å²) in [6, 6.07) is 6.00. The first-order chi connectivity index (χ1) is 8.22. The van der Waals surface area contributed by atoms with E-state index in [2.05, 4.69) is 23.2 Å². The zero-order valence-corrected chi connectivity index (χ0v) is 10.7. The standard InChI is InChI=1S/C14H21FN2/c1-3-14(17-8-6-16-7-9-17)12-5-4-11(2)13(15)10-12/h4-5,10,14,16H,3,6-9H2,1-2H3/t14-/m1/s1. The number of hydrogen-bond acceptors (Lipinski definition) is 2. The summed E-state index contributed by atoms with van der Waals surface area (Å²) >= 11 is 0. The van der Waals surface area contributed by atoms with Crippen molar-refractivity contribution in [2.75, 3.05) is 26.2 Å². The van der Waals surface area contributed by atoms with Crippen molar-refractivity contribution < 1.29 is 4.39 Å². The van der Waals surface area contributed by atoms with E-state index in [0.717, 1.165) is 43.7 Å². The monoisotopic (exact) mass is 236 g/mol. The zero-order valence-electron chi connectivity index (χ0n) is 10.7. The molecule has 0 saturated carbocycles. The highest BCUT2D eigenvalue weighted by Crippen LogP contribution is 2.25. The molecular weight excluding hydrogens is 215 g/mol. The molecule has 1 atom stereocenters. The van der Waals surface area contributed by atoms with Crippen LogP contribution in [0.4, 0.5) is 4.39 Å². The second-order valence-electron chi connectivity index (χ2n) is 4.72. The number of aryl methyl sites for hydroxylation is 1. The maximum atomic E-state index is 13.6. The second-order valence-corrected chi connectivity index (χ2v) is 4.72. The summed E-state index contributed by atoms with van der Waals surface area (Å²) in [5, 5.41) is 3.35. The van der Waals surface area contributed by atoms with Gasteiger partial charge in [-0.3, -0.25) is 4.90 Å². The number of halogens is 1. The highest BCUT2D eigenvalue weighted by Gasteiger charge is 2.20. The van der Waals surface area contributed by atoms with E-state index >= 15 is 0 Å². The van der Waals surface area contributed by atoms with Gasteiger partial charge in [0.15, 0.2) is 0 Å². The van der Waals surface area contributed by atoms with Crippen molar-refractivity contribution >= 4 is 0 Å². The van der Waals surface area contributed by atoms with Crippen LogP contribution in [0.5, 0.6) is 0 Å². The van der Waals surface area contributed by atoms with Crippen molar-refractivity contribution in [1.82, 2.24) is 10.2 Å². The van der Waals surface area contributed by atoms with Gasteiger partial charge in [0, 0.05) is 32.2 Å². The third kappa shape index (κ3) is 2.85. The van der Waals surface area contributed by atoms with Crippen LogP contribution in [-0.2, 0) is 0 Å². The fraction of sp³-hybridized carbons (Fsp3) is 0.571. The lowest BCUT2D eigenvalue weighted by Gasteiger charge is -2.34. The van der Waals surface area contributed by atoms with Crippen LogP contribution in [0.15, 0.2) is 18.2 Å². The van der Waals surface area contributed by atoms with E-state index in [9.17, 15) is 4.39 Å². The molecule has 1 N–H and O–H groups in total. The molecule has 1 aliphatic rings. The van der Waals surface area contributed by atoms with E-state index in [1.165, 1.54) is 0 Å². The molecule has 3 heteroatoms. The van der Waals surface area contributed by atoms with Crippen LogP contribution >= 0.6 is 0 Å². The van der Waals surface area contributed by atoms with Gasteiger partial charge >= 0.3 is 0 Å². The lowest BCUT2D eigenvalue weighted by molar-refractivity contribution is 0.169. The van der Waals surface area contributed by atoms with Crippen molar-refractivity contribution in [2.45, 2.75) is 26.3 Å². The van der Waals surface area contributed by atoms with Gasteiger partial charge < -0.3 is 5.32 Å². The Morgan fingerprint density at radius 3 is 2.65 bits per heavy atom. The molecule has 17 heavy (non-hydrogen) atoms. The van der Waals surface area contributed by atoms with Gasteiger partial charge in [-0.25, -0.2) is 4.39 Å². The number of rotatable bonds is 3. The molecule has 0 radical (unpaired) electrons. The van der Waals surface area contributed by atoms with Crippen molar-refractivity contribution in [2.24, 2.45) is 0 Å². The average Bonchev–Trinajstić information content (AvgIpc) is 2.36. The molecule has 1 aromatic carbocycles. The minimum absolute atomic E-state index is 0.0870. The normalized spacial score (nSPS) is 19.2. The quantitative estimate of drug-likeness (QED) is 0.867. The van der Waals surface area contributed by atoms with Crippen molar-refractivity contribution in [3.8, 4) is 0 Å². The molecule has 1 heterocycles. The third-order valence-corrected chi connectivity index (χ3v) is 3.56. The minimum atomic E-state index is -0.0870. The summed E-state index contributed by atoms with van der Waals surface area (Å²) in [5.74, 6) is -0.0870. The lowest BCUT2D eigenvalue weighted by atomic mass is 10.0. The van der Waals surface area contributed by atoms with Crippen LogP contribution in [0.2, 0.25) is 0 Å². The van der Waals surface area contributed by atoms with E-state index in [0.29, 0.717) is 6.04 Å². The summed E-state index contributed by atoms with van der Waals surface area (Å²) in [6.45, 7) is 8.15. The molecule has 94 valence electrons. The van der Waals surface area contributed by atoms with Crippen LogP contribution in [-0.4, -0.2) is 31.1 Å². The summed E-state index contributed by atoms with van der Waals surface area (Å²) in [4.78, 5) is 2.45. The Balaban J connectivity index is 2.18. The van der Waals surface area contributed by atoms with Crippen LogP contribution < -0.4 is 5.32 Å². The first-order valence-electron chi connectivity index (χ1n) is 6.43. The molecule has 1 fully saturated rings. The van der Waals surface area contributed by atoms with Crippen LogP contribution in [0, 0.1) is 12.7 Å². The van der Waals surface area contributed by atoms with E-state index in [1.54, 1.807) is 6.07 Å². The molecule has 1 aliphatic heterocycles. The smallest absolute Gasteiger partial charge is 0.126 e. The molecule has 1 saturated heterocycles. The van der Waals surface area contributed by atoms with Gasteiger partial charge in [0.2, 0.25) is 0 Å². The predicted octanol–water partition coefficient (Wildman–Crippen LogP) is 2.49. The lowest BCUT2D eigenvalue weighted by Crippen LogP contribution is -2.45. The highest BCUT2D eigenvalue weighted by atomic mass is 19.1. The number of hydrogen-bond donors (Lipinski definition) is 1. The van der Waals surface area contributed by atoms with E-state index < -0.39 is 0 Å². The Morgan fingerprint density at radius 2 is 2.06 bits per heavy atom. The van der Waals surface area contributed by atoms with Crippen LogP contribution in [0.3, 0.4) is 0 Å². The molecule has 0 bridgehead atoms. The maximum absolute atomic E-state index is 13.6. The van der Waals surface area contributed by atoms with E-state index in [4.69, 9.17) is 0 Å². The summed E-state index contributed by atoms with van der Waals surface area (Å²) in [7, 11) is 0. The second kappa shape index (κ2) is 5.61. The molecular formula is C14H21FN2. The summed E-state index contributed by atoms with van der Waals surface area (Å²) < 4.78 is 13.6. The van der Waals surface area contributed by atoms with Gasteiger partial charge in [0.05, 0.1) is 0 Å². The van der Waals surface area contributed by atoms with Crippen LogP contribution in [0.25, 0.3) is 0 Å². The summed E-state index contributed by atoms with van der Waals surface area (Å²) in [6.07, 6.45) is 1.03. The summed E-state index contributed by atoms with van der Waals surface area (Å²) in [5.41, 5.74) is 1.83. The first-order valence-corrected chi connectivity index (χ1v) is 6.43. The molecule has 2 rings (SSSR count). The third-order valence-electron chi connectivity index (χ3n) is 3.56.